The van der Waals surface area contributed by atoms with Gasteiger partial charge in [0.15, 0.2) is 0 Å². The quantitative estimate of drug-likeness (QED) is 0.873. The average molecular weight is 280 g/mol. The summed E-state index contributed by atoms with van der Waals surface area (Å²) in [6.07, 6.45) is 5.06. The molecule has 2 atom stereocenters. The lowest BCUT2D eigenvalue weighted by Crippen LogP contribution is -2.22. The number of nitrogens with two attached hydrogens (primary N) is 1. The van der Waals surface area contributed by atoms with Crippen molar-refractivity contribution in [1.29, 1.82) is 0 Å². The van der Waals surface area contributed by atoms with E-state index in [1.54, 1.807) is 30.4 Å². The standard InChI is InChI=1S/C13H14ClN3S/c1-9(15)13(10-4-2-3-5-11(10)14)18-12-8-16-6-7-17-12/h2-9,13H,15H2,1H3. The number of thioether (sulfide) groups is 1. The summed E-state index contributed by atoms with van der Waals surface area (Å²) in [5.41, 5.74) is 7.09. The van der Waals surface area contributed by atoms with Gasteiger partial charge < -0.3 is 5.73 Å². The Hall–Kier alpha value is -1.10. The molecule has 2 unspecified atom stereocenters. The van der Waals surface area contributed by atoms with Crippen LogP contribution in [0.25, 0.3) is 0 Å². The lowest BCUT2D eigenvalue weighted by molar-refractivity contribution is 0.720. The van der Waals surface area contributed by atoms with Gasteiger partial charge in [-0.2, -0.15) is 0 Å². The summed E-state index contributed by atoms with van der Waals surface area (Å²) in [6, 6.07) is 7.73. The van der Waals surface area contributed by atoms with Crippen LogP contribution in [-0.2, 0) is 0 Å². The molecule has 1 heterocycles. The third-order valence-corrected chi connectivity index (χ3v) is 4.21. The van der Waals surface area contributed by atoms with Crippen molar-refractivity contribution in [3.8, 4) is 0 Å². The second-order valence-electron chi connectivity index (χ2n) is 3.96. The van der Waals surface area contributed by atoms with E-state index in [4.69, 9.17) is 17.3 Å². The molecule has 0 aliphatic carbocycles. The molecule has 2 N–H and O–H groups in total. The SMILES string of the molecule is CC(N)C(Sc1cnccn1)c1ccccc1Cl. The lowest BCUT2D eigenvalue weighted by atomic mass is 10.1. The third kappa shape index (κ3) is 3.22. The average Bonchev–Trinajstić information content (AvgIpc) is 2.38. The van der Waals surface area contributed by atoms with E-state index in [0.717, 1.165) is 15.6 Å². The molecule has 0 amide bonds. The Morgan fingerprint density at radius 2 is 2.06 bits per heavy atom. The van der Waals surface area contributed by atoms with E-state index in [2.05, 4.69) is 9.97 Å². The second kappa shape index (κ2) is 6.18. The first-order chi connectivity index (χ1) is 8.68. The Balaban J connectivity index is 2.27. The molecule has 3 nitrogen and oxygen atoms in total. The van der Waals surface area contributed by atoms with Crippen LogP contribution in [0.3, 0.4) is 0 Å². The Labute approximate surface area is 116 Å². The number of nitrogens with zero attached hydrogens (tertiary/aromatic N) is 2. The summed E-state index contributed by atoms with van der Waals surface area (Å²) in [6.45, 7) is 1.97. The van der Waals surface area contributed by atoms with Gasteiger partial charge in [-0.15, -0.1) is 0 Å². The number of hydrogen-bond donors (Lipinski definition) is 1. The normalized spacial score (nSPS) is 14.2. The fraction of sp³-hybridized carbons (Fsp3) is 0.231. The minimum Gasteiger partial charge on any atom is -0.327 e. The molecule has 0 radical (unpaired) electrons. The predicted molar refractivity (Wildman–Crippen MR) is 75.7 cm³/mol. The molecule has 2 rings (SSSR count). The molecule has 0 saturated heterocycles. The highest BCUT2D eigenvalue weighted by atomic mass is 35.5. The minimum atomic E-state index is -0.0306. The zero-order chi connectivity index (χ0) is 13.0. The fourth-order valence-electron chi connectivity index (χ4n) is 1.64. The maximum absolute atomic E-state index is 6.22. The van der Waals surface area contributed by atoms with Gasteiger partial charge >= 0.3 is 0 Å². The summed E-state index contributed by atoms with van der Waals surface area (Å²) >= 11 is 7.81. The Morgan fingerprint density at radius 3 is 2.67 bits per heavy atom. The lowest BCUT2D eigenvalue weighted by Gasteiger charge is -2.21. The molecule has 0 aliphatic heterocycles. The van der Waals surface area contributed by atoms with Gasteiger partial charge in [-0.05, 0) is 18.6 Å². The van der Waals surface area contributed by atoms with Crippen molar-refractivity contribution >= 4 is 23.4 Å². The number of aromatic nitrogens is 2. The highest BCUT2D eigenvalue weighted by molar-refractivity contribution is 7.99. The van der Waals surface area contributed by atoms with E-state index in [0.29, 0.717) is 0 Å². The van der Waals surface area contributed by atoms with Gasteiger partial charge in [-0.3, -0.25) is 4.98 Å². The van der Waals surface area contributed by atoms with Gasteiger partial charge in [0.25, 0.3) is 0 Å². The van der Waals surface area contributed by atoms with Gasteiger partial charge in [0.1, 0.15) is 5.03 Å². The number of hydrogen-bond acceptors (Lipinski definition) is 4. The Kier molecular flexibility index (Phi) is 4.58. The molecule has 18 heavy (non-hydrogen) atoms. The maximum atomic E-state index is 6.22. The van der Waals surface area contributed by atoms with Crippen LogP contribution in [0.15, 0.2) is 47.9 Å². The molecule has 94 valence electrons. The minimum absolute atomic E-state index is 0.0306. The van der Waals surface area contributed by atoms with E-state index < -0.39 is 0 Å². The van der Waals surface area contributed by atoms with Crippen molar-refractivity contribution in [1.82, 2.24) is 9.97 Å². The first kappa shape index (κ1) is 13.3. The van der Waals surface area contributed by atoms with Crippen LogP contribution in [0.4, 0.5) is 0 Å². The summed E-state index contributed by atoms with van der Waals surface area (Å²) in [7, 11) is 0. The van der Waals surface area contributed by atoms with Crippen LogP contribution < -0.4 is 5.73 Å². The van der Waals surface area contributed by atoms with Gasteiger partial charge in [0, 0.05) is 23.5 Å². The molecule has 2 aromatic rings. The molecule has 0 fully saturated rings. The van der Waals surface area contributed by atoms with Crippen LogP contribution in [0, 0.1) is 0 Å². The van der Waals surface area contributed by atoms with Gasteiger partial charge in [-0.25, -0.2) is 4.98 Å². The Morgan fingerprint density at radius 1 is 1.28 bits per heavy atom. The summed E-state index contributed by atoms with van der Waals surface area (Å²) in [5.74, 6) is 0. The maximum Gasteiger partial charge on any atom is 0.115 e. The molecule has 0 bridgehead atoms. The first-order valence-corrected chi connectivity index (χ1v) is 6.87. The zero-order valence-corrected chi connectivity index (χ0v) is 11.5. The number of benzene rings is 1. The smallest absolute Gasteiger partial charge is 0.115 e. The van der Waals surface area contributed by atoms with Crippen molar-refractivity contribution in [2.45, 2.75) is 23.2 Å². The molecule has 0 spiro atoms. The molecular formula is C13H14ClN3S. The van der Waals surface area contributed by atoms with Crippen LogP contribution in [-0.4, -0.2) is 16.0 Å². The molecule has 1 aromatic heterocycles. The van der Waals surface area contributed by atoms with Crippen molar-refractivity contribution in [3.63, 3.8) is 0 Å². The third-order valence-electron chi connectivity index (χ3n) is 2.48. The molecule has 1 aromatic carbocycles. The van der Waals surface area contributed by atoms with Crippen molar-refractivity contribution < 1.29 is 0 Å². The van der Waals surface area contributed by atoms with Crippen molar-refractivity contribution in [3.05, 3.63) is 53.4 Å². The molecular weight excluding hydrogens is 266 g/mol. The van der Waals surface area contributed by atoms with Crippen LogP contribution in [0.2, 0.25) is 5.02 Å². The van der Waals surface area contributed by atoms with Crippen LogP contribution >= 0.6 is 23.4 Å². The largest absolute Gasteiger partial charge is 0.327 e. The van der Waals surface area contributed by atoms with E-state index >= 15 is 0 Å². The first-order valence-electron chi connectivity index (χ1n) is 5.61. The number of rotatable bonds is 4. The van der Waals surface area contributed by atoms with Crippen molar-refractivity contribution in [2.75, 3.05) is 0 Å². The monoisotopic (exact) mass is 279 g/mol. The van der Waals surface area contributed by atoms with E-state index in [1.165, 1.54) is 0 Å². The second-order valence-corrected chi connectivity index (χ2v) is 5.53. The highest BCUT2D eigenvalue weighted by Gasteiger charge is 2.20. The van der Waals surface area contributed by atoms with Crippen molar-refractivity contribution in [2.24, 2.45) is 5.73 Å². The predicted octanol–water partition coefficient (Wildman–Crippen LogP) is 3.31. The van der Waals surface area contributed by atoms with E-state index in [-0.39, 0.29) is 11.3 Å². The fourth-order valence-corrected chi connectivity index (χ4v) is 3.00. The summed E-state index contributed by atoms with van der Waals surface area (Å²) < 4.78 is 0. The summed E-state index contributed by atoms with van der Waals surface area (Å²) in [5, 5.41) is 1.64. The van der Waals surface area contributed by atoms with Crippen LogP contribution in [0.5, 0.6) is 0 Å². The van der Waals surface area contributed by atoms with E-state index in [9.17, 15) is 0 Å². The van der Waals surface area contributed by atoms with Crippen LogP contribution in [0.1, 0.15) is 17.7 Å². The van der Waals surface area contributed by atoms with Gasteiger partial charge in [0.05, 0.1) is 11.4 Å². The van der Waals surface area contributed by atoms with E-state index in [1.807, 2.05) is 31.2 Å². The number of halogens is 1. The topological polar surface area (TPSA) is 51.8 Å². The highest BCUT2D eigenvalue weighted by Crippen LogP contribution is 2.38. The summed E-state index contributed by atoms with van der Waals surface area (Å²) in [4.78, 5) is 8.31. The Bertz CT molecular complexity index is 505. The van der Waals surface area contributed by atoms with Gasteiger partial charge in [0.2, 0.25) is 0 Å². The molecule has 5 heteroatoms. The zero-order valence-electron chi connectivity index (χ0n) is 9.95. The van der Waals surface area contributed by atoms with Gasteiger partial charge in [-0.1, -0.05) is 41.6 Å². The molecule has 0 saturated carbocycles. The molecule has 0 aliphatic rings.